The van der Waals surface area contributed by atoms with Crippen molar-refractivity contribution in [2.24, 2.45) is 0 Å². The zero-order valence-corrected chi connectivity index (χ0v) is 14.6. The number of anilines is 3. The minimum Gasteiger partial charge on any atom is -0.354 e. The van der Waals surface area contributed by atoms with Gasteiger partial charge in [-0.1, -0.05) is 30.3 Å². The molecule has 0 spiro atoms. The molecule has 0 saturated carbocycles. The van der Waals surface area contributed by atoms with E-state index in [0.29, 0.717) is 5.69 Å². The molecule has 0 bridgehead atoms. The molecular weight excluding hydrogens is 310 g/mol. The van der Waals surface area contributed by atoms with Gasteiger partial charge < -0.3 is 10.6 Å². The number of carbonyl (C=O) groups is 1. The molecule has 25 heavy (non-hydrogen) atoms. The molecule has 0 aliphatic rings. The molecule has 0 aliphatic carbocycles. The average molecular weight is 331 g/mol. The molecule has 0 aliphatic heterocycles. The Kier molecular flexibility index (Phi) is 4.80. The maximum Gasteiger partial charge on any atom is 0.274 e. The largest absolute Gasteiger partial charge is 0.354 e. The number of para-hydroxylation sites is 1. The molecule has 0 saturated heterocycles. The lowest BCUT2D eigenvalue weighted by atomic mass is 10.1. The highest BCUT2D eigenvalue weighted by Gasteiger charge is 2.09. The number of aromatic nitrogens is 1. The van der Waals surface area contributed by atoms with E-state index in [1.165, 1.54) is 5.56 Å². The van der Waals surface area contributed by atoms with Crippen molar-refractivity contribution in [2.75, 3.05) is 10.6 Å². The van der Waals surface area contributed by atoms with Gasteiger partial charge in [-0.3, -0.25) is 4.79 Å². The number of carbonyl (C=O) groups excluding carboxylic acids is 1. The number of nitrogens with one attached hydrogen (secondary N) is 2. The van der Waals surface area contributed by atoms with E-state index in [2.05, 4.69) is 47.7 Å². The van der Waals surface area contributed by atoms with Crippen molar-refractivity contribution in [1.29, 1.82) is 0 Å². The Morgan fingerprint density at radius 2 is 1.64 bits per heavy atom. The molecule has 2 N–H and O–H groups in total. The third-order valence-electron chi connectivity index (χ3n) is 4.06. The number of nitrogens with zero attached hydrogens (tertiary/aromatic N) is 1. The van der Waals surface area contributed by atoms with Crippen molar-refractivity contribution in [3.05, 3.63) is 83.2 Å². The second kappa shape index (κ2) is 7.18. The maximum atomic E-state index is 12.3. The number of hydrogen-bond acceptors (Lipinski definition) is 3. The van der Waals surface area contributed by atoms with Crippen LogP contribution in [0.5, 0.6) is 0 Å². The van der Waals surface area contributed by atoms with Crippen LogP contribution in [0.1, 0.15) is 27.2 Å². The first-order chi connectivity index (χ1) is 12.0. The summed E-state index contributed by atoms with van der Waals surface area (Å²) in [5.74, 6) is -0.215. The summed E-state index contributed by atoms with van der Waals surface area (Å²) in [6, 6.07) is 17.5. The predicted molar refractivity (Wildman–Crippen MR) is 103 cm³/mol. The Hall–Kier alpha value is -3.14. The van der Waals surface area contributed by atoms with Gasteiger partial charge in [0.2, 0.25) is 0 Å². The van der Waals surface area contributed by atoms with E-state index < -0.39 is 0 Å². The molecular formula is C21H21N3O. The third kappa shape index (κ3) is 4.04. The molecule has 0 atom stereocenters. The summed E-state index contributed by atoms with van der Waals surface area (Å²) < 4.78 is 0. The fourth-order valence-electron chi connectivity index (χ4n) is 2.53. The topological polar surface area (TPSA) is 54.0 Å². The van der Waals surface area contributed by atoms with Gasteiger partial charge in [0.15, 0.2) is 0 Å². The van der Waals surface area contributed by atoms with Crippen molar-refractivity contribution in [2.45, 2.75) is 20.8 Å². The second-order valence-electron chi connectivity index (χ2n) is 6.14. The summed E-state index contributed by atoms with van der Waals surface area (Å²) >= 11 is 0. The van der Waals surface area contributed by atoms with E-state index in [-0.39, 0.29) is 5.91 Å². The number of amides is 1. The third-order valence-corrected chi connectivity index (χ3v) is 4.06. The summed E-state index contributed by atoms with van der Waals surface area (Å²) in [6.45, 7) is 6.07. The number of aryl methyl sites for hydroxylation is 3. The number of hydrogen-bond donors (Lipinski definition) is 2. The Labute approximate surface area is 147 Å². The van der Waals surface area contributed by atoms with Crippen molar-refractivity contribution >= 4 is 23.0 Å². The fraction of sp³-hybridized carbons (Fsp3) is 0.143. The molecule has 4 heteroatoms. The van der Waals surface area contributed by atoms with E-state index >= 15 is 0 Å². The lowest BCUT2D eigenvalue weighted by Crippen LogP contribution is -2.14. The highest BCUT2D eigenvalue weighted by molar-refractivity contribution is 6.03. The van der Waals surface area contributed by atoms with Crippen molar-refractivity contribution in [3.63, 3.8) is 0 Å². The monoisotopic (exact) mass is 331 g/mol. The van der Waals surface area contributed by atoms with Crippen LogP contribution < -0.4 is 10.6 Å². The molecule has 1 heterocycles. The second-order valence-corrected chi connectivity index (χ2v) is 6.14. The molecule has 4 nitrogen and oxygen atoms in total. The Balaban J connectivity index is 1.72. The van der Waals surface area contributed by atoms with Gasteiger partial charge in [-0.2, -0.15) is 0 Å². The molecule has 2 aromatic carbocycles. The molecule has 1 aromatic heterocycles. The first-order valence-corrected chi connectivity index (χ1v) is 8.20. The number of benzene rings is 2. The number of rotatable bonds is 4. The van der Waals surface area contributed by atoms with Crippen LogP contribution >= 0.6 is 0 Å². The zero-order valence-electron chi connectivity index (χ0n) is 14.6. The molecule has 0 fully saturated rings. The van der Waals surface area contributed by atoms with Crippen LogP contribution in [0, 0.1) is 20.8 Å². The first-order valence-electron chi connectivity index (χ1n) is 8.20. The van der Waals surface area contributed by atoms with Crippen LogP contribution in [0.25, 0.3) is 0 Å². The van der Waals surface area contributed by atoms with Gasteiger partial charge in [-0.25, -0.2) is 4.98 Å². The Bertz CT molecular complexity index is 901. The van der Waals surface area contributed by atoms with Crippen LogP contribution in [0.4, 0.5) is 17.1 Å². The van der Waals surface area contributed by atoms with Gasteiger partial charge >= 0.3 is 0 Å². The lowest BCUT2D eigenvalue weighted by Gasteiger charge is -2.11. The normalized spacial score (nSPS) is 10.4. The van der Waals surface area contributed by atoms with Gasteiger partial charge in [0.1, 0.15) is 5.69 Å². The molecule has 126 valence electrons. The molecule has 0 unspecified atom stereocenters. The van der Waals surface area contributed by atoms with Crippen LogP contribution in [-0.4, -0.2) is 10.9 Å². The van der Waals surface area contributed by atoms with Crippen LogP contribution in [0.3, 0.4) is 0 Å². The SMILES string of the molecule is Cc1ccc(C)c(Nc2ccc(C(=O)Nc3ccccc3C)nc2)c1. The Morgan fingerprint density at radius 3 is 2.36 bits per heavy atom. The van der Waals surface area contributed by atoms with Gasteiger partial charge in [0.25, 0.3) is 5.91 Å². The molecule has 1 amide bonds. The summed E-state index contributed by atoms with van der Waals surface area (Å²) in [5, 5.41) is 6.23. The van der Waals surface area contributed by atoms with Gasteiger partial charge in [-0.15, -0.1) is 0 Å². The van der Waals surface area contributed by atoms with E-state index in [4.69, 9.17) is 0 Å². The molecule has 3 aromatic rings. The molecule has 3 rings (SSSR count). The summed E-state index contributed by atoms with van der Waals surface area (Å²) in [4.78, 5) is 16.6. The van der Waals surface area contributed by atoms with E-state index in [0.717, 1.165) is 28.2 Å². The van der Waals surface area contributed by atoms with E-state index in [9.17, 15) is 4.79 Å². The van der Waals surface area contributed by atoms with Gasteiger partial charge in [0.05, 0.1) is 11.9 Å². The summed E-state index contributed by atoms with van der Waals surface area (Å²) in [7, 11) is 0. The predicted octanol–water partition coefficient (Wildman–Crippen LogP) is 5.00. The fourth-order valence-corrected chi connectivity index (χ4v) is 2.53. The zero-order chi connectivity index (χ0) is 17.8. The minimum absolute atomic E-state index is 0.215. The highest BCUT2D eigenvalue weighted by atomic mass is 16.1. The molecule has 0 radical (unpaired) electrons. The van der Waals surface area contributed by atoms with Gasteiger partial charge in [-0.05, 0) is 61.7 Å². The van der Waals surface area contributed by atoms with Crippen molar-refractivity contribution < 1.29 is 4.79 Å². The van der Waals surface area contributed by atoms with E-state index in [1.54, 1.807) is 12.3 Å². The van der Waals surface area contributed by atoms with Crippen molar-refractivity contribution in [3.8, 4) is 0 Å². The number of pyridine rings is 1. The van der Waals surface area contributed by atoms with Crippen LogP contribution in [0.15, 0.2) is 60.8 Å². The summed E-state index contributed by atoms with van der Waals surface area (Å²) in [5.41, 5.74) is 6.44. The minimum atomic E-state index is -0.215. The maximum absolute atomic E-state index is 12.3. The summed E-state index contributed by atoms with van der Waals surface area (Å²) in [6.07, 6.45) is 1.68. The average Bonchev–Trinajstić information content (AvgIpc) is 2.61. The van der Waals surface area contributed by atoms with E-state index in [1.807, 2.05) is 37.3 Å². The van der Waals surface area contributed by atoms with Crippen LogP contribution in [0.2, 0.25) is 0 Å². The van der Waals surface area contributed by atoms with Gasteiger partial charge in [0, 0.05) is 11.4 Å². The Morgan fingerprint density at radius 1 is 0.880 bits per heavy atom. The lowest BCUT2D eigenvalue weighted by molar-refractivity contribution is 0.102. The van der Waals surface area contributed by atoms with Crippen LogP contribution in [-0.2, 0) is 0 Å². The van der Waals surface area contributed by atoms with Crippen molar-refractivity contribution in [1.82, 2.24) is 4.98 Å². The standard InChI is InChI=1S/C21H21N3O/c1-14-8-9-16(3)20(12-14)23-17-10-11-19(22-13-17)21(25)24-18-7-5-4-6-15(18)2/h4-13,23H,1-3H3,(H,24,25). The highest BCUT2D eigenvalue weighted by Crippen LogP contribution is 2.21. The smallest absolute Gasteiger partial charge is 0.274 e. The quantitative estimate of drug-likeness (QED) is 0.707. The first kappa shape index (κ1) is 16.7.